The third-order valence-electron chi connectivity index (χ3n) is 5.36. The molecule has 0 saturated carbocycles. The minimum Gasteiger partial charge on any atom is -0.497 e. The summed E-state index contributed by atoms with van der Waals surface area (Å²) in [7, 11) is 1.63. The van der Waals surface area contributed by atoms with E-state index >= 15 is 0 Å². The number of aromatic nitrogens is 4. The Bertz CT molecular complexity index is 999. The van der Waals surface area contributed by atoms with Crippen LogP contribution in [0.1, 0.15) is 35.1 Å². The predicted octanol–water partition coefficient (Wildman–Crippen LogP) is 2.29. The van der Waals surface area contributed by atoms with Crippen molar-refractivity contribution in [2.24, 2.45) is 0 Å². The van der Waals surface area contributed by atoms with Crippen molar-refractivity contribution < 1.29 is 18.9 Å². The van der Waals surface area contributed by atoms with Gasteiger partial charge in [0.25, 0.3) is 0 Å². The molecule has 0 bridgehead atoms. The first-order valence-corrected chi connectivity index (χ1v) is 9.99. The molecule has 0 aliphatic carbocycles. The lowest BCUT2D eigenvalue weighted by molar-refractivity contribution is -0.129. The van der Waals surface area contributed by atoms with Crippen LogP contribution in [0.15, 0.2) is 35.0 Å². The number of benzene rings is 1. The highest BCUT2D eigenvalue weighted by Crippen LogP contribution is 2.27. The van der Waals surface area contributed by atoms with Gasteiger partial charge in [-0.05, 0) is 31.5 Å². The third-order valence-corrected chi connectivity index (χ3v) is 5.36. The number of nitrogens with zero attached hydrogens (tertiary/aromatic N) is 4. The maximum absolute atomic E-state index is 12.5. The van der Waals surface area contributed by atoms with E-state index in [0.717, 1.165) is 42.3 Å². The Labute approximate surface area is 174 Å². The number of carbonyl (C=O) groups is 1. The first-order valence-electron chi connectivity index (χ1n) is 9.99. The molecule has 3 aromatic rings. The minimum atomic E-state index is 0.0405. The number of carbonyl (C=O) groups excluding carboxylic acids is 1. The van der Waals surface area contributed by atoms with Crippen LogP contribution in [0, 0.1) is 6.92 Å². The van der Waals surface area contributed by atoms with E-state index in [1.807, 2.05) is 29.2 Å². The Hall–Kier alpha value is -3.36. The highest BCUT2D eigenvalue weighted by Gasteiger charge is 2.29. The van der Waals surface area contributed by atoms with E-state index in [2.05, 4.69) is 31.2 Å². The molecule has 1 saturated heterocycles. The Kier molecular flexibility index (Phi) is 5.97. The second-order valence-electron chi connectivity index (χ2n) is 7.39. The minimum absolute atomic E-state index is 0.0405. The molecule has 2 aromatic heterocycles. The molecule has 1 fully saturated rings. The molecule has 1 N–H and O–H groups in total. The molecule has 9 heteroatoms. The van der Waals surface area contributed by atoms with Crippen LogP contribution in [-0.2, 0) is 17.6 Å². The van der Waals surface area contributed by atoms with E-state index in [1.165, 1.54) is 0 Å². The van der Waals surface area contributed by atoms with Gasteiger partial charge in [0.05, 0.1) is 25.8 Å². The molecule has 9 nitrogen and oxygen atoms in total. The molecule has 4 rings (SSSR count). The van der Waals surface area contributed by atoms with E-state index in [-0.39, 0.29) is 18.2 Å². The lowest BCUT2D eigenvalue weighted by Crippen LogP contribution is -2.30. The first kappa shape index (κ1) is 19.9. The maximum atomic E-state index is 12.5. The first-order chi connectivity index (χ1) is 14.6. The topological polar surface area (TPSA) is 106 Å². The van der Waals surface area contributed by atoms with Gasteiger partial charge >= 0.3 is 0 Å². The summed E-state index contributed by atoms with van der Waals surface area (Å²) in [5.41, 5.74) is 3.26. The van der Waals surface area contributed by atoms with Gasteiger partial charge in [0.15, 0.2) is 0 Å². The van der Waals surface area contributed by atoms with Crippen LogP contribution in [0.3, 0.4) is 0 Å². The van der Waals surface area contributed by atoms with Crippen LogP contribution in [0.2, 0.25) is 0 Å². The Morgan fingerprint density at radius 1 is 1.30 bits per heavy atom. The number of amides is 1. The van der Waals surface area contributed by atoms with Crippen molar-refractivity contribution in [3.05, 3.63) is 53.1 Å². The summed E-state index contributed by atoms with van der Waals surface area (Å²) >= 11 is 0. The van der Waals surface area contributed by atoms with E-state index in [1.54, 1.807) is 14.0 Å². The molecule has 30 heavy (non-hydrogen) atoms. The SMILES string of the molecule is COc1cccc(OCCc2cc(C3CCN(C(=O)Cc4nonc4C)C3)n[nH]2)c1. The molecule has 1 amide bonds. The van der Waals surface area contributed by atoms with Crippen molar-refractivity contribution in [3.8, 4) is 11.5 Å². The monoisotopic (exact) mass is 411 g/mol. The van der Waals surface area contributed by atoms with Gasteiger partial charge in [-0.3, -0.25) is 9.89 Å². The van der Waals surface area contributed by atoms with Crippen molar-refractivity contribution in [2.45, 2.75) is 32.1 Å². The second-order valence-corrected chi connectivity index (χ2v) is 7.39. The number of aromatic amines is 1. The van der Waals surface area contributed by atoms with E-state index in [4.69, 9.17) is 9.47 Å². The highest BCUT2D eigenvalue weighted by atomic mass is 16.6. The third kappa shape index (κ3) is 4.61. The maximum Gasteiger partial charge on any atom is 0.228 e. The highest BCUT2D eigenvalue weighted by molar-refractivity contribution is 5.78. The van der Waals surface area contributed by atoms with Crippen molar-refractivity contribution in [1.29, 1.82) is 0 Å². The number of likely N-dealkylation sites (tertiary alicyclic amines) is 1. The summed E-state index contributed by atoms with van der Waals surface area (Å²) in [5.74, 6) is 1.82. The van der Waals surface area contributed by atoms with E-state index < -0.39 is 0 Å². The Morgan fingerprint density at radius 2 is 2.17 bits per heavy atom. The van der Waals surface area contributed by atoms with Gasteiger partial charge in [-0.25, -0.2) is 4.63 Å². The average molecular weight is 411 g/mol. The molecule has 1 aliphatic rings. The fourth-order valence-electron chi connectivity index (χ4n) is 3.58. The van der Waals surface area contributed by atoms with Gasteiger partial charge in [0, 0.05) is 37.2 Å². The van der Waals surface area contributed by atoms with Crippen molar-refractivity contribution in [2.75, 3.05) is 26.8 Å². The van der Waals surface area contributed by atoms with Gasteiger partial charge in [-0.2, -0.15) is 5.10 Å². The second kappa shape index (κ2) is 8.98. The fourth-order valence-corrected chi connectivity index (χ4v) is 3.58. The number of hydrogen-bond acceptors (Lipinski definition) is 7. The summed E-state index contributed by atoms with van der Waals surface area (Å²) in [5, 5.41) is 15.1. The van der Waals surface area contributed by atoms with Gasteiger partial charge in [0.1, 0.15) is 22.9 Å². The summed E-state index contributed by atoms with van der Waals surface area (Å²) in [6.07, 6.45) is 1.83. The zero-order valence-electron chi connectivity index (χ0n) is 17.1. The van der Waals surface area contributed by atoms with Crippen molar-refractivity contribution in [1.82, 2.24) is 25.4 Å². The molecular weight excluding hydrogens is 386 g/mol. The number of ether oxygens (including phenoxy) is 2. The van der Waals surface area contributed by atoms with Gasteiger partial charge in [0.2, 0.25) is 5.91 Å². The normalized spacial score (nSPS) is 16.1. The molecule has 1 aliphatic heterocycles. The summed E-state index contributed by atoms with van der Waals surface area (Å²) < 4.78 is 15.7. The zero-order valence-corrected chi connectivity index (χ0v) is 17.1. The van der Waals surface area contributed by atoms with Crippen LogP contribution in [-0.4, -0.2) is 58.1 Å². The molecule has 0 radical (unpaired) electrons. The van der Waals surface area contributed by atoms with Crippen LogP contribution in [0.25, 0.3) is 0 Å². The predicted molar refractivity (Wildman–Crippen MR) is 107 cm³/mol. The number of methoxy groups -OCH3 is 1. The summed E-state index contributed by atoms with van der Waals surface area (Å²) in [6, 6.07) is 9.61. The molecule has 3 heterocycles. The lowest BCUT2D eigenvalue weighted by Gasteiger charge is -2.15. The molecule has 1 aromatic carbocycles. The Balaban J connectivity index is 1.26. The van der Waals surface area contributed by atoms with Gasteiger partial charge < -0.3 is 14.4 Å². The van der Waals surface area contributed by atoms with E-state index in [9.17, 15) is 4.79 Å². The van der Waals surface area contributed by atoms with Crippen molar-refractivity contribution >= 4 is 5.91 Å². The van der Waals surface area contributed by atoms with E-state index in [0.29, 0.717) is 24.5 Å². The van der Waals surface area contributed by atoms with Gasteiger partial charge in [-0.15, -0.1) is 0 Å². The Morgan fingerprint density at radius 3 is 2.97 bits per heavy atom. The van der Waals surface area contributed by atoms with Crippen molar-refractivity contribution in [3.63, 3.8) is 0 Å². The number of hydrogen-bond donors (Lipinski definition) is 1. The molecular formula is C21H25N5O4. The molecule has 158 valence electrons. The van der Waals surface area contributed by atoms with Gasteiger partial charge in [-0.1, -0.05) is 16.4 Å². The quantitative estimate of drug-likeness (QED) is 0.606. The zero-order chi connectivity index (χ0) is 20.9. The molecule has 0 spiro atoms. The lowest BCUT2D eigenvalue weighted by atomic mass is 10.0. The molecule has 1 unspecified atom stereocenters. The number of aryl methyl sites for hydroxylation is 1. The summed E-state index contributed by atoms with van der Waals surface area (Å²) in [4.78, 5) is 14.4. The number of rotatable bonds is 8. The standard InChI is InChI=1S/C21H25N5O4/c1-14-19(25-30-24-14)12-21(27)26-8-6-15(13-26)20-10-16(22-23-20)7-9-29-18-5-3-4-17(11-18)28-2/h3-5,10-11,15H,6-9,12-13H2,1-2H3,(H,22,23). The van der Waals surface area contributed by atoms with Crippen LogP contribution in [0.5, 0.6) is 11.5 Å². The largest absolute Gasteiger partial charge is 0.497 e. The molecule has 1 atom stereocenters. The van der Waals surface area contributed by atoms with Crippen LogP contribution >= 0.6 is 0 Å². The number of H-pyrrole nitrogens is 1. The van der Waals surface area contributed by atoms with Crippen LogP contribution in [0.4, 0.5) is 0 Å². The number of nitrogens with one attached hydrogen (secondary N) is 1. The smallest absolute Gasteiger partial charge is 0.228 e. The average Bonchev–Trinajstić information content (AvgIpc) is 3.50. The van der Waals surface area contributed by atoms with Crippen LogP contribution < -0.4 is 9.47 Å². The fraction of sp³-hybridized carbons (Fsp3) is 0.429. The summed E-state index contributed by atoms with van der Waals surface area (Å²) in [6.45, 7) is 3.70.